The van der Waals surface area contributed by atoms with Crippen LogP contribution in [0.4, 0.5) is 0 Å². The minimum Gasteiger partial charge on any atom is -0.392 e. The van der Waals surface area contributed by atoms with Gasteiger partial charge in [0.2, 0.25) is 47.3 Å². The normalized spacial score (nSPS) is 23.0. The molecule has 0 unspecified atom stereocenters. The lowest BCUT2D eigenvalue weighted by Crippen LogP contribution is -2.60. The molecule has 3 rings (SSSR count). The van der Waals surface area contributed by atoms with Gasteiger partial charge in [0.05, 0.1) is 18.1 Å². The van der Waals surface area contributed by atoms with Crippen LogP contribution in [0, 0.1) is 29.6 Å². The molecule has 0 aromatic carbocycles. The predicted octanol–water partition coefficient (Wildman–Crippen LogP) is 0.653. The Morgan fingerprint density at radius 2 is 1.18 bits per heavy atom. The molecule has 11 atom stereocenters. The molecule has 0 spiro atoms. The number of hydrogen-bond donors (Lipinski definition) is 7. The molecular weight excluding hydrogens is 799 g/mol. The van der Waals surface area contributed by atoms with Gasteiger partial charge in [0.1, 0.15) is 30.2 Å². The number of primary amides is 2. The molecule has 3 aliphatic heterocycles. The van der Waals surface area contributed by atoms with E-state index < -0.39 is 89.8 Å². The number of likely N-dealkylation sites (tertiary alicyclic amines) is 3. The second-order valence-corrected chi connectivity index (χ2v) is 18.7. The van der Waals surface area contributed by atoms with Gasteiger partial charge < -0.3 is 53.0 Å². The van der Waals surface area contributed by atoms with Gasteiger partial charge in [-0.1, -0.05) is 68.2 Å². The number of nitrogens with zero attached hydrogens (tertiary/aromatic N) is 3. The first-order valence-corrected chi connectivity index (χ1v) is 23.0. The van der Waals surface area contributed by atoms with Crippen LogP contribution in [0.2, 0.25) is 0 Å². The van der Waals surface area contributed by atoms with E-state index in [9.17, 15) is 43.5 Å². The van der Waals surface area contributed by atoms with Crippen molar-refractivity contribution < 1.29 is 43.5 Å². The van der Waals surface area contributed by atoms with Gasteiger partial charge in [0, 0.05) is 32.1 Å². The monoisotopic (exact) mass is 876 g/mol. The summed E-state index contributed by atoms with van der Waals surface area (Å²) in [6, 6.07) is -5.92. The maximum Gasteiger partial charge on any atom is 0.246 e. The summed E-state index contributed by atoms with van der Waals surface area (Å²) in [5, 5.41) is 20.5. The summed E-state index contributed by atoms with van der Waals surface area (Å²) in [7, 11) is 0. The lowest BCUT2D eigenvalue weighted by atomic mass is 9.86. The summed E-state index contributed by atoms with van der Waals surface area (Å²) >= 11 is 0. The van der Waals surface area contributed by atoms with Crippen LogP contribution < -0.4 is 33.2 Å². The summed E-state index contributed by atoms with van der Waals surface area (Å²) in [5.41, 5.74) is 16.8. The van der Waals surface area contributed by atoms with Crippen LogP contribution in [0.5, 0.6) is 0 Å². The fourth-order valence-electron chi connectivity index (χ4n) is 9.01. The van der Waals surface area contributed by atoms with Crippen molar-refractivity contribution >= 4 is 47.3 Å². The van der Waals surface area contributed by atoms with Gasteiger partial charge >= 0.3 is 0 Å². The van der Waals surface area contributed by atoms with E-state index in [1.54, 1.807) is 18.7 Å². The Morgan fingerprint density at radius 1 is 0.661 bits per heavy atom. The first-order chi connectivity index (χ1) is 29.1. The Balaban J connectivity index is 1.78. The van der Waals surface area contributed by atoms with Crippen molar-refractivity contribution in [3.05, 3.63) is 0 Å². The Morgan fingerprint density at radius 3 is 1.74 bits per heavy atom. The maximum atomic E-state index is 14.3. The molecule has 3 saturated heterocycles. The van der Waals surface area contributed by atoms with E-state index in [4.69, 9.17) is 17.2 Å². The Hall–Kier alpha value is -4.32. The summed E-state index contributed by atoms with van der Waals surface area (Å²) in [6.45, 7) is 16.0. The lowest BCUT2D eigenvalue weighted by Gasteiger charge is -2.35. The molecule has 3 aliphatic rings. The van der Waals surface area contributed by atoms with Gasteiger partial charge in [-0.2, -0.15) is 0 Å². The smallest absolute Gasteiger partial charge is 0.246 e. The lowest BCUT2D eigenvalue weighted by molar-refractivity contribution is -0.148. The quantitative estimate of drug-likeness (QED) is 0.0753. The average Bonchev–Trinajstić information content (AvgIpc) is 4.02. The van der Waals surface area contributed by atoms with Gasteiger partial charge in [-0.3, -0.25) is 38.4 Å². The number of carbonyl (C=O) groups excluding carboxylic acids is 8. The molecule has 0 saturated carbocycles. The summed E-state index contributed by atoms with van der Waals surface area (Å²) in [6.07, 6.45) is 3.61. The van der Waals surface area contributed by atoms with Crippen molar-refractivity contribution in [1.29, 1.82) is 0 Å². The molecule has 352 valence electrons. The molecule has 3 heterocycles. The minimum absolute atomic E-state index is 0.0146. The largest absolute Gasteiger partial charge is 0.392 e. The van der Waals surface area contributed by atoms with Gasteiger partial charge in [-0.05, 0) is 81.5 Å². The van der Waals surface area contributed by atoms with Crippen LogP contribution in [-0.4, -0.2) is 135 Å². The zero-order chi connectivity index (χ0) is 46.6. The average molecular weight is 876 g/mol. The number of nitrogens with one attached hydrogen (secondary N) is 3. The Labute approximate surface area is 367 Å². The van der Waals surface area contributed by atoms with Crippen LogP contribution in [0.1, 0.15) is 132 Å². The second kappa shape index (κ2) is 23.9. The molecule has 0 aromatic rings. The van der Waals surface area contributed by atoms with Crippen LogP contribution in [0.3, 0.4) is 0 Å². The van der Waals surface area contributed by atoms with E-state index in [0.717, 1.165) is 0 Å². The highest BCUT2D eigenvalue weighted by Crippen LogP contribution is 2.30. The van der Waals surface area contributed by atoms with Crippen LogP contribution in [0.25, 0.3) is 0 Å². The minimum atomic E-state index is -1.19. The number of aliphatic hydroxyl groups excluding tert-OH is 1. The molecule has 3 fully saturated rings. The predicted molar refractivity (Wildman–Crippen MR) is 233 cm³/mol. The zero-order valence-corrected chi connectivity index (χ0v) is 38.4. The van der Waals surface area contributed by atoms with Crippen LogP contribution >= 0.6 is 0 Å². The third kappa shape index (κ3) is 13.6. The molecule has 0 aliphatic carbocycles. The first kappa shape index (κ1) is 52.0. The first-order valence-electron chi connectivity index (χ1n) is 23.0. The molecule has 18 heteroatoms. The molecule has 8 amide bonds. The van der Waals surface area contributed by atoms with Gasteiger partial charge in [-0.25, -0.2) is 0 Å². The Kier molecular flexibility index (Phi) is 20.1. The topological polar surface area (TPSA) is 281 Å². The highest BCUT2D eigenvalue weighted by Gasteiger charge is 2.45. The van der Waals surface area contributed by atoms with Crippen molar-refractivity contribution in [3.63, 3.8) is 0 Å². The third-order valence-corrected chi connectivity index (χ3v) is 13.2. The summed E-state index contributed by atoms with van der Waals surface area (Å²) in [4.78, 5) is 111. The van der Waals surface area contributed by atoms with Crippen molar-refractivity contribution in [2.24, 2.45) is 46.8 Å². The fraction of sp³-hybridized carbons (Fsp3) is 0.818. The number of nitrogens with two attached hydrogens (primary N) is 3. The molecule has 0 radical (unpaired) electrons. The summed E-state index contributed by atoms with van der Waals surface area (Å²) < 4.78 is 0. The maximum absolute atomic E-state index is 14.3. The van der Waals surface area contributed by atoms with E-state index >= 15 is 0 Å². The molecule has 0 aromatic heterocycles. The number of carbonyl (C=O) groups is 8. The fourth-order valence-corrected chi connectivity index (χ4v) is 9.01. The van der Waals surface area contributed by atoms with E-state index in [1.807, 2.05) is 41.5 Å². The number of amides is 8. The van der Waals surface area contributed by atoms with Crippen molar-refractivity contribution in [2.75, 3.05) is 19.6 Å². The number of rotatable bonds is 23. The number of hydrogen-bond acceptors (Lipinski definition) is 10. The van der Waals surface area contributed by atoms with Crippen molar-refractivity contribution in [2.45, 2.75) is 181 Å². The van der Waals surface area contributed by atoms with Crippen molar-refractivity contribution in [1.82, 2.24) is 30.7 Å². The van der Waals surface area contributed by atoms with E-state index in [0.29, 0.717) is 77.4 Å². The van der Waals surface area contributed by atoms with E-state index in [1.165, 1.54) is 9.80 Å². The standard InChI is InChI=1S/C44H77N9O9/c1-9-26(7)36(41(59)48-35(25(5)6)43(61)53-21-13-16-32(53)42(60)52-20-12-15-31(52)38(47)56)49-39(57)29(22-24(3)4)33(54)23-28-14-11-19-51(28)44(62)37(27(8)10-2)50-40(58)30(45)17-18-34(46)55/h24-33,35-37,54H,9-23,45H2,1-8H3,(H2,46,55)(H2,47,56)(H,48,59)(H,49,57)(H,50,58)/t26-,27-,28-,29+,30-,31-,32-,33-,35-,36-,37-/m1/s1. The van der Waals surface area contributed by atoms with Gasteiger partial charge in [-0.15, -0.1) is 0 Å². The Bertz CT molecular complexity index is 1590. The zero-order valence-electron chi connectivity index (χ0n) is 38.4. The SMILES string of the molecule is CC[C@@H](C)[C@@H](NC(=O)[C@@H](CC(C)C)[C@H](O)C[C@H]1CCCN1C(=O)[C@H](NC(=O)[C@H](N)CCC(N)=O)[C@H](C)CC)C(=O)N[C@@H](C(=O)N1CCC[C@@H]1C(=O)N1CCC[C@@H]1C(N)=O)C(C)C. The van der Waals surface area contributed by atoms with Gasteiger partial charge in [0.25, 0.3) is 0 Å². The van der Waals surface area contributed by atoms with Crippen LogP contribution in [0.15, 0.2) is 0 Å². The molecule has 10 N–H and O–H groups in total. The van der Waals surface area contributed by atoms with Crippen molar-refractivity contribution in [3.8, 4) is 0 Å². The molecule has 18 nitrogen and oxygen atoms in total. The highest BCUT2D eigenvalue weighted by molar-refractivity contribution is 5.96. The van der Waals surface area contributed by atoms with Crippen LogP contribution in [-0.2, 0) is 38.4 Å². The third-order valence-electron chi connectivity index (χ3n) is 13.2. The molecule has 62 heavy (non-hydrogen) atoms. The van der Waals surface area contributed by atoms with Gasteiger partial charge in [0.15, 0.2) is 0 Å². The summed E-state index contributed by atoms with van der Waals surface area (Å²) in [5.74, 6) is -5.80. The highest BCUT2D eigenvalue weighted by atomic mass is 16.3. The molecular formula is C44H77N9O9. The van der Waals surface area contributed by atoms with E-state index in [-0.39, 0.29) is 54.7 Å². The molecule has 0 bridgehead atoms. The van der Waals surface area contributed by atoms with E-state index in [2.05, 4.69) is 16.0 Å². The second-order valence-electron chi connectivity index (χ2n) is 18.7. The number of aliphatic hydroxyl groups is 1.